The largest absolute Gasteiger partial charge is 0.480 e. The van der Waals surface area contributed by atoms with Crippen LogP contribution < -0.4 is 0 Å². The molecule has 0 aromatic heterocycles. The van der Waals surface area contributed by atoms with Gasteiger partial charge in [-0.05, 0) is 36.8 Å². The maximum atomic E-state index is 13.1. The van der Waals surface area contributed by atoms with Gasteiger partial charge in [0, 0.05) is 5.92 Å². The summed E-state index contributed by atoms with van der Waals surface area (Å²) in [6.07, 6.45) is 0. The van der Waals surface area contributed by atoms with Crippen LogP contribution in [0.15, 0.2) is 53.4 Å². The molecule has 0 heterocycles. The monoisotopic (exact) mass is 359 g/mol. The van der Waals surface area contributed by atoms with E-state index in [0.29, 0.717) is 5.56 Å². The third kappa shape index (κ3) is 2.50. The van der Waals surface area contributed by atoms with Crippen molar-refractivity contribution in [2.24, 2.45) is 5.41 Å². The third-order valence-corrected chi connectivity index (χ3v) is 6.83. The minimum atomic E-state index is -4.05. The predicted octanol–water partition coefficient (Wildman–Crippen LogP) is 2.67. The van der Waals surface area contributed by atoms with E-state index >= 15 is 0 Å². The molecule has 0 aliphatic heterocycles. The molecule has 7 heteroatoms. The zero-order valence-corrected chi connectivity index (χ0v) is 14.0. The van der Waals surface area contributed by atoms with E-state index in [1.54, 1.807) is 25.1 Å². The summed E-state index contributed by atoms with van der Waals surface area (Å²) in [5.41, 5.74) is -0.915. The van der Waals surface area contributed by atoms with Gasteiger partial charge in [-0.15, -0.1) is 0 Å². The first-order chi connectivity index (χ1) is 11.7. The summed E-state index contributed by atoms with van der Waals surface area (Å²) in [6.45, 7) is 1.80. The number of hydrogen-bond acceptors (Lipinski definition) is 4. The van der Waals surface area contributed by atoms with Crippen LogP contribution in [0.1, 0.15) is 17.0 Å². The van der Waals surface area contributed by atoms with Crippen LogP contribution in [0.2, 0.25) is 0 Å². The van der Waals surface area contributed by atoms with E-state index in [4.69, 9.17) is 0 Å². The first-order valence-corrected chi connectivity index (χ1v) is 9.00. The fourth-order valence-corrected chi connectivity index (χ4v) is 5.45. The number of carbonyl (C=O) groups is 1. The van der Waals surface area contributed by atoms with E-state index in [1.165, 1.54) is 24.3 Å². The average molecular weight is 359 g/mol. The summed E-state index contributed by atoms with van der Waals surface area (Å²) in [5.74, 6) is -3.08. The Morgan fingerprint density at radius 3 is 2.20 bits per heavy atom. The lowest BCUT2D eigenvalue weighted by molar-refractivity contribution is -0.141. The molecule has 0 bridgehead atoms. The van der Waals surface area contributed by atoms with E-state index < -0.39 is 38.2 Å². The molecule has 3 atom stereocenters. The normalized spacial score (nSPS) is 25.2. The molecule has 1 N–H and O–H groups in total. The molecular weight excluding hydrogens is 345 g/mol. The van der Waals surface area contributed by atoms with E-state index in [9.17, 15) is 28.0 Å². The van der Waals surface area contributed by atoms with E-state index in [1.807, 2.05) is 0 Å². The van der Waals surface area contributed by atoms with Gasteiger partial charge >= 0.3 is 5.97 Å². The van der Waals surface area contributed by atoms with Gasteiger partial charge in [0.1, 0.15) is 11.1 Å². The van der Waals surface area contributed by atoms with Crippen LogP contribution in [-0.2, 0) is 14.6 Å². The molecule has 1 fully saturated rings. The van der Waals surface area contributed by atoms with Crippen molar-refractivity contribution in [2.75, 3.05) is 0 Å². The molecule has 0 unspecified atom stereocenters. The Hall–Kier alpha value is -2.72. The summed E-state index contributed by atoms with van der Waals surface area (Å²) >= 11 is 0. The van der Waals surface area contributed by atoms with Crippen LogP contribution in [-0.4, -0.2) is 24.7 Å². The fraction of sp³-hybridized carbons (Fsp3) is 0.222. The van der Waals surface area contributed by atoms with Gasteiger partial charge in [0.15, 0.2) is 15.3 Å². The summed E-state index contributed by atoms with van der Waals surface area (Å²) in [6, 6.07) is 12.6. The quantitative estimate of drug-likeness (QED) is 0.905. The number of halogens is 1. The van der Waals surface area contributed by atoms with Gasteiger partial charge in [-0.3, -0.25) is 4.79 Å². The molecule has 128 valence electrons. The van der Waals surface area contributed by atoms with Gasteiger partial charge in [-0.1, -0.05) is 29.8 Å². The lowest BCUT2D eigenvalue weighted by Crippen LogP contribution is -2.22. The Morgan fingerprint density at radius 2 is 1.72 bits per heavy atom. The summed E-state index contributed by atoms with van der Waals surface area (Å²) in [7, 11) is -4.05. The first kappa shape index (κ1) is 17.1. The van der Waals surface area contributed by atoms with Crippen LogP contribution in [0.3, 0.4) is 0 Å². The Balaban J connectivity index is 2.12. The highest BCUT2D eigenvalue weighted by Crippen LogP contribution is 2.63. The van der Waals surface area contributed by atoms with Crippen molar-refractivity contribution in [2.45, 2.75) is 23.0 Å². The highest BCUT2D eigenvalue weighted by Gasteiger charge is 2.77. The number of nitrogens with zero attached hydrogens (tertiary/aromatic N) is 1. The Labute approximate surface area is 144 Å². The molecule has 0 spiro atoms. The van der Waals surface area contributed by atoms with Gasteiger partial charge in [0.25, 0.3) is 0 Å². The number of carboxylic acid groups (broad SMARTS) is 1. The van der Waals surface area contributed by atoms with Crippen molar-refractivity contribution in [1.82, 2.24) is 0 Å². The maximum absolute atomic E-state index is 13.1. The standard InChI is InChI=1S/C18H14FNO4S/c1-11-2-8-14(9-3-11)25(23,24)16-15(18(16,10-20)17(21)22)12-4-6-13(19)7-5-12/h2-9,15-16H,1H3,(H,21,22)/t15-,16+,18-/m1/s1. The molecule has 5 nitrogen and oxygen atoms in total. The molecule has 25 heavy (non-hydrogen) atoms. The topological polar surface area (TPSA) is 95.2 Å². The molecule has 1 aliphatic carbocycles. The van der Waals surface area contributed by atoms with Crippen LogP contribution in [0.25, 0.3) is 0 Å². The molecule has 0 radical (unpaired) electrons. The fourth-order valence-electron chi connectivity index (χ4n) is 3.20. The van der Waals surface area contributed by atoms with E-state index in [-0.39, 0.29) is 4.90 Å². The number of carboxylic acids is 1. The van der Waals surface area contributed by atoms with Crippen molar-refractivity contribution in [3.05, 3.63) is 65.5 Å². The Bertz CT molecular complexity index is 977. The zero-order chi connectivity index (χ0) is 18.4. The number of aryl methyl sites for hydroxylation is 1. The highest BCUT2D eigenvalue weighted by molar-refractivity contribution is 7.92. The number of nitriles is 1. The smallest absolute Gasteiger partial charge is 0.326 e. The number of benzene rings is 2. The van der Waals surface area contributed by atoms with Crippen molar-refractivity contribution in [1.29, 1.82) is 5.26 Å². The van der Waals surface area contributed by atoms with Crippen LogP contribution in [0.4, 0.5) is 4.39 Å². The SMILES string of the molecule is Cc1ccc(S(=O)(=O)[C@H]2[C@@H](c3ccc(F)cc3)[C@@]2(C#N)C(=O)O)cc1. The highest BCUT2D eigenvalue weighted by atomic mass is 32.2. The van der Waals surface area contributed by atoms with E-state index in [0.717, 1.165) is 17.7 Å². The van der Waals surface area contributed by atoms with Gasteiger partial charge in [-0.25, -0.2) is 12.8 Å². The molecular formula is C18H14FNO4S. The van der Waals surface area contributed by atoms with E-state index in [2.05, 4.69) is 0 Å². The van der Waals surface area contributed by atoms with Gasteiger partial charge < -0.3 is 5.11 Å². The van der Waals surface area contributed by atoms with Crippen LogP contribution in [0.5, 0.6) is 0 Å². The van der Waals surface area contributed by atoms with Crippen molar-refractivity contribution < 1.29 is 22.7 Å². The lowest BCUT2D eigenvalue weighted by atomic mass is 10.0. The minimum Gasteiger partial charge on any atom is -0.480 e. The molecule has 2 aromatic carbocycles. The second-order valence-electron chi connectivity index (χ2n) is 6.09. The molecule has 3 rings (SSSR count). The summed E-state index contributed by atoms with van der Waals surface area (Å²) in [4.78, 5) is 11.7. The second kappa shape index (κ2) is 5.67. The third-order valence-electron chi connectivity index (χ3n) is 4.58. The molecule has 2 aromatic rings. The molecule has 1 aliphatic rings. The molecule has 0 saturated heterocycles. The van der Waals surface area contributed by atoms with Crippen molar-refractivity contribution >= 4 is 15.8 Å². The Morgan fingerprint density at radius 1 is 1.16 bits per heavy atom. The zero-order valence-electron chi connectivity index (χ0n) is 13.2. The van der Waals surface area contributed by atoms with Crippen molar-refractivity contribution in [3.63, 3.8) is 0 Å². The second-order valence-corrected chi connectivity index (χ2v) is 8.16. The van der Waals surface area contributed by atoms with Gasteiger partial charge in [-0.2, -0.15) is 5.26 Å². The van der Waals surface area contributed by atoms with Crippen LogP contribution in [0, 0.1) is 29.5 Å². The molecule has 0 amide bonds. The van der Waals surface area contributed by atoms with Crippen molar-refractivity contribution in [3.8, 4) is 6.07 Å². The minimum absolute atomic E-state index is 0.0337. The average Bonchev–Trinajstić information content (AvgIpc) is 3.27. The number of aliphatic carboxylic acids is 1. The lowest BCUT2D eigenvalue weighted by Gasteiger charge is -2.05. The first-order valence-electron chi connectivity index (χ1n) is 7.46. The maximum Gasteiger partial charge on any atom is 0.326 e. The predicted molar refractivity (Wildman–Crippen MR) is 87.0 cm³/mol. The van der Waals surface area contributed by atoms with Gasteiger partial charge in [0.05, 0.1) is 11.0 Å². The number of rotatable bonds is 4. The van der Waals surface area contributed by atoms with Gasteiger partial charge in [0.2, 0.25) is 0 Å². The summed E-state index contributed by atoms with van der Waals surface area (Å²) in [5, 5.41) is 17.6. The number of hydrogen-bond donors (Lipinski definition) is 1. The Kier molecular flexibility index (Phi) is 3.88. The molecule has 1 saturated carbocycles. The van der Waals surface area contributed by atoms with Crippen LogP contribution >= 0.6 is 0 Å². The number of sulfone groups is 1. The summed E-state index contributed by atoms with van der Waals surface area (Å²) < 4.78 is 39.0.